The van der Waals surface area contributed by atoms with E-state index in [1.54, 1.807) is 0 Å². The third-order valence-corrected chi connectivity index (χ3v) is 3.84. The highest BCUT2D eigenvalue weighted by molar-refractivity contribution is 5.18. The van der Waals surface area contributed by atoms with Crippen LogP contribution < -0.4 is 5.32 Å². The van der Waals surface area contributed by atoms with Crippen LogP contribution in [0.4, 0.5) is 0 Å². The van der Waals surface area contributed by atoms with Crippen LogP contribution in [-0.2, 0) is 0 Å². The summed E-state index contributed by atoms with van der Waals surface area (Å²) in [6, 6.07) is 10.9. The van der Waals surface area contributed by atoms with Crippen LogP contribution in [0.15, 0.2) is 30.3 Å². The maximum absolute atomic E-state index is 3.43. The van der Waals surface area contributed by atoms with Gasteiger partial charge in [0, 0.05) is 0 Å². The van der Waals surface area contributed by atoms with E-state index in [1.165, 1.54) is 44.3 Å². The Morgan fingerprint density at radius 3 is 2.56 bits per heavy atom. The smallest absolute Gasteiger partial charge is 0.00463 e. The highest BCUT2D eigenvalue weighted by atomic mass is 14.9. The van der Waals surface area contributed by atoms with Crippen molar-refractivity contribution in [3.8, 4) is 0 Å². The summed E-state index contributed by atoms with van der Waals surface area (Å²) >= 11 is 0. The van der Waals surface area contributed by atoms with E-state index < -0.39 is 0 Å². The Kier molecular flexibility index (Phi) is 4.41. The van der Waals surface area contributed by atoms with E-state index >= 15 is 0 Å². The molecule has 2 rings (SSSR count). The highest BCUT2D eigenvalue weighted by Gasteiger charge is 2.14. The molecule has 0 aromatic heterocycles. The van der Waals surface area contributed by atoms with Crippen molar-refractivity contribution < 1.29 is 0 Å². The zero-order valence-corrected chi connectivity index (χ0v) is 10.3. The number of nitrogens with one attached hydrogen (secondary N) is 1. The van der Waals surface area contributed by atoms with Gasteiger partial charge in [0.05, 0.1) is 0 Å². The van der Waals surface area contributed by atoms with Gasteiger partial charge in [-0.05, 0) is 56.2 Å². The van der Waals surface area contributed by atoms with Gasteiger partial charge in [-0.1, -0.05) is 37.3 Å². The third-order valence-electron chi connectivity index (χ3n) is 3.84. The number of benzene rings is 1. The number of rotatable bonds is 4. The summed E-state index contributed by atoms with van der Waals surface area (Å²) in [5.74, 6) is 1.68. The van der Waals surface area contributed by atoms with Crippen molar-refractivity contribution >= 4 is 0 Å². The summed E-state index contributed by atoms with van der Waals surface area (Å²) in [7, 11) is 0. The van der Waals surface area contributed by atoms with Gasteiger partial charge in [-0.2, -0.15) is 0 Å². The van der Waals surface area contributed by atoms with Crippen molar-refractivity contribution in [1.82, 2.24) is 5.32 Å². The molecular weight excluding hydrogens is 194 g/mol. The molecule has 1 heterocycles. The Hall–Kier alpha value is -0.820. The van der Waals surface area contributed by atoms with Crippen LogP contribution in [0, 0.1) is 5.92 Å². The van der Waals surface area contributed by atoms with Gasteiger partial charge in [0.15, 0.2) is 0 Å². The normalized spacial score (nSPS) is 19.6. The molecule has 0 spiro atoms. The Balaban J connectivity index is 1.77. The van der Waals surface area contributed by atoms with Crippen LogP contribution in [0.2, 0.25) is 0 Å². The summed E-state index contributed by atoms with van der Waals surface area (Å²) < 4.78 is 0. The van der Waals surface area contributed by atoms with E-state index in [0.29, 0.717) is 0 Å². The van der Waals surface area contributed by atoms with E-state index in [1.807, 2.05) is 0 Å². The molecule has 1 fully saturated rings. The number of hydrogen-bond donors (Lipinski definition) is 1. The number of piperidine rings is 1. The summed E-state index contributed by atoms with van der Waals surface area (Å²) in [6.07, 6.45) is 5.50. The molecule has 1 N–H and O–H groups in total. The minimum Gasteiger partial charge on any atom is -0.317 e. The van der Waals surface area contributed by atoms with E-state index in [2.05, 4.69) is 42.6 Å². The fraction of sp³-hybridized carbons (Fsp3) is 0.600. The van der Waals surface area contributed by atoms with Crippen molar-refractivity contribution in [2.45, 2.75) is 38.5 Å². The molecule has 0 saturated carbocycles. The first-order valence-corrected chi connectivity index (χ1v) is 6.62. The molecule has 1 nitrogen and oxygen atoms in total. The van der Waals surface area contributed by atoms with Crippen LogP contribution in [0.1, 0.15) is 44.1 Å². The second kappa shape index (κ2) is 6.05. The van der Waals surface area contributed by atoms with Crippen molar-refractivity contribution in [1.29, 1.82) is 0 Å². The zero-order valence-electron chi connectivity index (χ0n) is 10.3. The summed E-state index contributed by atoms with van der Waals surface area (Å²) in [4.78, 5) is 0. The Morgan fingerprint density at radius 1 is 1.19 bits per heavy atom. The van der Waals surface area contributed by atoms with Crippen LogP contribution in [0.3, 0.4) is 0 Å². The predicted octanol–water partition coefficient (Wildman–Crippen LogP) is 3.57. The molecule has 1 saturated heterocycles. The molecule has 0 bridgehead atoms. The summed E-state index contributed by atoms with van der Waals surface area (Å²) in [6.45, 7) is 4.81. The van der Waals surface area contributed by atoms with Crippen LogP contribution >= 0.6 is 0 Å². The third kappa shape index (κ3) is 3.34. The maximum Gasteiger partial charge on any atom is -0.00463 e. The fourth-order valence-electron chi connectivity index (χ4n) is 2.60. The lowest BCUT2D eigenvalue weighted by Gasteiger charge is -2.23. The fourth-order valence-corrected chi connectivity index (χ4v) is 2.60. The van der Waals surface area contributed by atoms with Crippen molar-refractivity contribution in [3.63, 3.8) is 0 Å². The minimum absolute atomic E-state index is 0.719. The van der Waals surface area contributed by atoms with Crippen LogP contribution in [0.5, 0.6) is 0 Å². The lowest BCUT2D eigenvalue weighted by molar-refractivity contribution is 0.339. The molecule has 0 amide bonds. The molecule has 1 aliphatic heterocycles. The molecule has 1 heteroatoms. The molecule has 0 aliphatic carbocycles. The Morgan fingerprint density at radius 2 is 1.88 bits per heavy atom. The van der Waals surface area contributed by atoms with Gasteiger partial charge in [-0.3, -0.25) is 0 Å². The van der Waals surface area contributed by atoms with Crippen LogP contribution in [-0.4, -0.2) is 13.1 Å². The van der Waals surface area contributed by atoms with E-state index in [9.17, 15) is 0 Å². The Labute approximate surface area is 99.3 Å². The lowest BCUT2D eigenvalue weighted by atomic mass is 9.87. The molecule has 1 unspecified atom stereocenters. The average molecular weight is 217 g/mol. The highest BCUT2D eigenvalue weighted by Crippen LogP contribution is 2.25. The van der Waals surface area contributed by atoms with Gasteiger partial charge < -0.3 is 5.32 Å². The van der Waals surface area contributed by atoms with Gasteiger partial charge in [0.25, 0.3) is 0 Å². The van der Waals surface area contributed by atoms with Gasteiger partial charge in [-0.25, -0.2) is 0 Å². The van der Waals surface area contributed by atoms with Crippen molar-refractivity contribution in [2.24, 2.45) is 5.92 Å². The van der Waals surface area contributed by atoms with Gasteiger partial charge in [0.2, 0.25) is 0 Å². The monoisotopic (exact) mass is 217 g/mol. The molecule has 1 atom stereocenters. The Bertz CT molecular complexity index is 288. The standard InChI is InChI=1S/C15H23N/c1-13(15-5-3-2-4-6-15)7-8-14-9-11-16-12-10-14/h2-6,13-14,16H,7-12H2,1H3. The second-order valence-corrected chi connectivity index (χ2v) is 5.08. The average Bonchev–Trinajstić information content (AvgIpc) is 2.38. The van der Waals surface area contributed by atoms with Gasteiger partial charge in [-0.15, -0.1) is 0 Å². The van der Waals surface area contributed by atoms with Crippen LogP contribution in [0.25, 0.3) is 0 Å². The van der Waals surface area contributed by atoms with E-state index in [0.717, 1.165) is 11.8 Å². The largest absolute Gasteiger partial charge is 0.317 e. The van der Waals surface area contributed by atoms with Gasteiger partial charge >= 0.3 is 0 Å². The summed E-state index contributed by atoms with van der Waals surface area (Å²) in [5.41, 5.74) is 1.50. The zero-order chi connectivity index (χ0) is 11.2. The first kappa shape index (κ1) is 11.7. The minimum atomic E-state index is 0.719. The molecule has 88 valence electrons. The molecule has 1 aromatic carbocycles. The molecule has 0 radical (unpaired) electrons. The molecule has 1 aliphatic rings. The summed E-state index contributed by atoms with van der Waals surface area (Å²) in [5, 5.41) is 3.43. The number of hydrogen-bond acceptors (Lipinski definition) is 1. The first-order valence-electron chi connectivity index (χ1n) is 6.62. The molecule has 16 heavy (non-hydrogen) atoms. The van der Waals surface area contributed by atoms with E-state index in [4.69, 9.17) is 0 Å². The SMILES string of the molecule is CC(CCC1CCNCC1)c1ccccc1. The maximum atomic E-state index is 3.43. The first-order chi connectivity index (χ1) is 7.86. The second-order valence-electron chi connectivity index (χ2n) is 5.08. The van der Waals surface area contributed by atoms with E-state index in [-0.39, 0.29) is 0 Å². The van der Waals surface area contributed by atoms with Gasteiger partial charge in [0.1, 0.15) is 0 Å². The topological polar surface area (TPSA) is 12.0 Å². The predicted molar refractivity (Wildman–Crippen MR) is 69.7 cm³/mol. The quantitative estimate of drug-likeness (QED) is 0.813. The molecule has 1 aromatic rings. The molecular formula is C15H23N. The van der Waals surface area contributed by atoms with Crippen molar-refractivity contribution in [2.75, 3.05) is 13.1 Å². The lowest BCUT2D eigenvalue weighted by Crippen LogP contribution is -2.27. The van der Waals surface area contributed by atoms with Crippen molar-refractivity contribution in [3.05, 3.63) is 35.9 Å².